The van der Waals surface area contributed by atoms with Crippen molar-refractivity contribution in [2.45, 2.75) is 18.8 Å². The topological polar surface area (TPSA) is 27.7 Å². The van der Waals surface area contributed by atoms with Crippen LogP contribution in [0.25, 0.3) is 0 Å². The molecule has 0 aromatic heterocycles. The molecular weight excluding hydrogens is 247 g/mol. The van der Waals surface area contributed by atoms with Gasteiger partial charge in [-0.05, 0) is 30.2 Å². The Labute approximate surface area is 105 Å². The van der Waals surface area contributed by atoms with Crippen molar-refractivity contribution in [3.05, 3.63) is 34.6 Å². The first-order valence-corrected chi connectivity index (χ1v) is 5.54. The Kier molecular flexibility index (Phi) is 5.33. The number of benzene rings is 1. The Morgan fingerprint density at radius 1 is 1.18 bits per heavy atom. The molecule has 96 valence electrons. The molecule has 0 heterocycles. The zero-order valence-electron chi connectivity index (χ0n) is 10.1. The molecule has 17 heavy (non-hydrogen) atoms. The van der Waals surface area contributed by atoms with Crippen LogP contribution >= 0.6 is 11.6 Å². The van der Waals surface area contributed by atoms with Crippen molar-refractivity contribution < 1.29 is 18.6 Å². The summed E-state index contributed by atoms with van der Waals surface area (Å²) < 4.78 is 28.9. The van der Waals surface area contributed by atoms with Crippen LogP contribution in [0.2, 0.25) is 5.02 Å². The fourth-order valence-electron chi connectivity index (χ4n) is 1.58. The number of methoxy groups -OCH3 is 3. The summed E-state index contributed by atoms with van der Waals surface area (Å²) in [7, 11) is 4.42. The summed E-state index contributed by atoms with van der Waals surface area (Å²) in [6, 6.07) is 4.44. The van der Waals surface area contributed by atoms with E-state index in [2.05, 4.69) is 0 Å². The quantitative estimate of drug-likeness (QED) is 0.738. The summed E-state index contributed by atoms with van der Waals surface area (Å²) >= 11 is 5.81. The number of hydrogen-bond donors (Lipinski definition) is 0. The second-order valence-corrected chi connectivity index (χ2v) is 3.97. The third-order valence-electron chi connectivity index (χ3n) is 2.64. The van der Waals surface area contributed by atoms with Crippen molar-refractivity contribution in [3.8, 4) is 0 Å². The summed E-state index contributed by atoms with van der Waals surface area (Å²) in [6.07, 6.45) is 0.773. The lowest BCUT2D eigenvalue weighted by atomic mass is 10.1. The average Bonchev–Trinajstić information content (AvgIpc) is 2.35. The zero-order chi connectivity index (χ0) is 12.9. The van der Waals surface area contributed by atoms with Crippen LogP contribution in [0.1, 0.15) is 12.0 Å². The lowest BCUT2D eigenvalue weighted by molar-refractivity contribution is -0.354. The fraction of sp³-hybridized carbons (Fsp3) is 0.500. The van der Waals surface area contributed by atoms with Gasteiger partial charge in [-0.3, -0.25) is 0 Å². The second-order valence-electron chi connectivity index (χ2n) is 3.53. The van der Waals surface area contributed by atoms with Crippen LogP contribution in [0, 0.1) is 5.82 Å². The normalized spacial score (nSPS) is 11.8. The van der Waals surface area contributed by atoms with Gasteiger partial charge in [-0.15, -0.1) is 0 Å². The van der Waals surface area contributed by atoms with Gasteiger partial charge in [0, 0.05) is 32.8 Å². The Morgan fingerprint density at radius 3 is 2.29 bits per heavy atom. The highest BCUT2D eigenvalue weighted by Gasteiger charge is 2.29. The lowest BCUT2D eigenvalue weighted by Crippen LogP contribution is -2.36. The predicted molar refractivity (Wildman–Crippen MR) is 63.5 cm³/mol. The van der Waals surface area contributed by atoms with E-state index in [1.165, 1.54) is 33.5 Å². The van der Waals surface area contributed by atoms with E-state index in [9.17, 15) is 4.39 Å². The molecule has 0 saturated carbocycles. The Bertz CT molecular complexity index is 359. The molecule has 0 unspecified atom stereocenters. The maximum absolute atomic E-state index is 13.5. The highest BCUT2D eigenvalue weighted by Crippen LogP contribution is 2.23. The third-order valence-corrected chi connectivity index (χ3v) is 2.88. The molecule has 0 spiro atoms. The predicted octanol–water partition coefficient (Wildman–Crippen LogP) is 3.00. The molecule has 0 aliphatic rings. The van der Waals surface area contributed by atoms with Crippen LogP contribution in [0.4, 0.5) is 4.39 Å². The summed E-state index contributed by atoms with van der Waals surface area (Å²) in [5.74, 6) is -1.44. The van der Waals surface area contributed by atoms with E-state index in [0.29, 0.717) is 23.4 Å². The summed E-state index contributed by atoms with van der Waals surface area (Å²) in [5, 5.41) is 0.499. The van der Waals surface area contributed by atoms with Crippen molar-refractivity contribution in [1.29, 1.82) is 0 Å². The van der Waals surface area contributed by atoms with Gasteiger partial charge >= 0.3 is 0 Å². The van der Waals surface area contributed by atoms with Crippen molar-refractivity contribution >= 4 is 11.6 Å². The van der Waals surface area contributed by atoms with Gasteiger partial charge in [0.2, 0.25) is 0 Å². The van der Waals surface area contributed by atoms with Crippen molar-refractivity contribution in [3.63, 3.8) is 0 Å². The number of ether oxygens (including phenoxy) is 3. The third kappa shape index (κ3) is 3.64. The molecule has 1 aromatic rings. The molecule has 0 atom stereocenters. The van der Waals surface area contributed by atoms with Crippen LogP contribution in [-0.2, 0) is 20.6 Å². The van der Waals surface area contributed by atoms with Gasteiger partial charge < -0.3 is 14.2 Å². The number of halogens is 2. The fourth-order valence-corrected chi connectivity index (χ4v) is 1.77. The minimum Gasteiger partial charge on any atom is -0.331 e. The second kappa shape index (κ2) is 6.31. The molecule has 0 fully saturated rings. The minimum absolute atomic E-state index is 0.299. The molecule has 0 aliphatic heterocycles. The molecule has 0 saturated heterocycles. The van der Waals surface area contributed by atoms with Crippen molar-refractivity contribution in [1.82, 2.24) is 0 Å². The van der Waals surface area contributed by atoms with Crippen LogP contribution < -0.4 is 0 Å². The molecule has 1 aromatic carbocycles. The highest BCUT2D eigenvalue weighted by molar-refractivity contribution is 6.30. The molecular formula is C12H16ClFO3. The van der Waals surface area contributed by atoms with Gasteiger partial charge in [0.25, 0.3) is 5.97 Å². The van der Waals surface area contributed by atoms with Gasteiger partial charge in [0.05, 0.1) is 0 Å². The van der Waals surface area contributed by atoms with E-state index in [1.807, 2.05) is 0 Å². The standard InChI is InChI=1S/C12H16ClFO3/c1-15-12(16-2,17-3)7-6-9-8-10(13)4-5-11(9)14/h4-5,8H,6-7H2,1-3H3. The average molecular weight is 263 g/mol. The van der Waals surface area contributed by atoms with Gasteiger partial charge in [-0.25, -0.2) is 4.39 Å². The molecule has 3 nitrogen and oxygen atoms in total. The van der Waals surface area contributed by atoms with Crippen molar-refractivity contribution in [2.24, 2.45) is 0 Å². The molecule has 0 aliphatic carbocycles. The zero-order valence-corrected chi connectivity index (χ0v) is 10.9. The van der Waals surface area contributed by atoms with Crippen LogP contribution in [0.15, 0.2) is 18.2 Å². The Hall–Kier alpha value is -0.680. The molecule has 0 amide bonds. The SMILES string of the molecule is COC(CCc1cc(Cl)ccc1F)(OC)OC. The van der Waals surface area contributed by atoms with E-state index >= 15 is 0 Å². The van der Waals surface area contributed by atoms with E-state index in [-0.39, 0.29) is 5.82 Å². The van der Waals surface area contributed by atoms with E-state index < -0.39 is 5.97 Å². The largest absolute Gasteiger partial charge is 0.331 e. The smallest absolute Gasteiger partial charge is 0.282 e. The Morgan fingerprint density at radius 2 is 1.76 bits per heavy atom. The number of hydrogen-bond acceptors (Lipinski definition) is 3. The van der Waals surface area contributed by atoms with Crippen LogP contribution in [-0.4, -0.2) is 27.3 Å². The maximum Gasteiger partial charge on any atom is 0.282 e. The Balaban J connectivity index is 2.75. The van der Waals surface area contributed by atoms with Gasteiger partial charge in [0.15, 0.2) is 0 Å². The summed E-state index contributed by atoms with van der Waals surface area (Å²) in [6.45, 7) is 0. The van der Waals surface area contributed by atoms with Gasteiger partial charge in [-0.1, -0.05) is 11.6 Å². The first-order chi connectivity index (χ1) is 8.06. The molecule has 0 N–H and O–H groups in total. The van der Waals surface area contributed by atoms with E-state index in [0.717, 1.165) is 0 Å². The van der Waals surface area contributed by atoms with E-state index in [4.69, 9.17) is 25.8 Å². The van der Waals surface area contributed by atoms with Gasteiger partial charge in [-0.2, -0.15) is 0 Å². The summed E-state index contributed by atoms with van der Waals surface area (Å²) in [4.78, 5) is 0. The number of rotatable bonds is 6. The molecule has 0 bridgehead atoms. The van der Waals surface area contributed by atoms with E-state index in [1.54, 1.807) is 6.07 Å². The minimum atomic E-state index is -1.14. The maximum atomic E-state index is 13.5. The van der Waals surface area contributed by atoms with Gasteiger partial charge in [0.1, 0.15) is 5.82 Å². The van der Waals surface area contributed by atoms with Crippen LogP contribution in [0.5, 0.6) is 0 Å². The summed E-state index contributed by atoms with van der Waals surface area (Å²) in [5.41, 5.74) is 0.507. The number of aryl methyl sites for hydroxylation is 1. The first-order valence-electron chi connectivity index (χ1n) is 5.16. The highest BCUT2D eigenvalue weighted by atomic mass is 35.5. The van der Waals surface area contributed by atoms with Crippen molar-refractivity contribution in [2.75, 3.05) is 21.3 Å². The molecule has 5 heteroatoms. The molecule has 0 radical (unpaired) electrons. The monoisotopic (exact) mass is 262 g/mol. The molecule has 1 rings (SSSR count). The lowest BCUT2D eigenvalue weighted by Gasteiger charge is -2.28. The van der Waals surface area contributed by atoms with Crippen LogP contribution in [0.3, 0.4) is 0 Å². The first kappa shape index (κ1) is 14.4.